The number of hydrogen-bond donors (Lipinski definition) is 2. The van der Waals surface area contributed by atoms with Crippen LogP contribution >= 0.6 is 24.0 Å². The maximum absolute atomic E-state index is 12.3. The monoisotopic (exact) mass is 369 g/mol. The Kier molecular flexibility index (Phi) is 6.57. The van der Waals surface area contributed by atoms with Crippen LogP contribution < -0.4 is 10.5 Å². The van der Waals surface area contributed by atoms with Crippen molar-refractivity contribution in [3.63, 3.8) is 0 Å². The van der Waals surface area contributed by atoms with Crippen molar-refractivity contribution in [3.8, 4) is 0 Å². The number of rotatable bonds is 4. The molecule has 2 rings (SSSR count). The van der Waals surface area contributed by atoms with Crippen LogP contribution in [0, 0.1) is 10.1 Å². The molecule has 0 atom stereocenters. The van der Waals surface area contributed by atoms with Crippen LogP contribution in [0.4, 0.5) is 5.69 Å². The molecule has 0 aromatic heterocycles. The Morgan fingerprint density at radius 2 is 1.86 bits per heavy atom. The molecule has 22 heavy (non-hydrogen) atoms. The van der Waals surface area contributed by atoms with E-state index in [4.69, 9.17) is 17.3 Å². The van der Waals surface area contributed by atoms with Crippen LogP contribution in [0.2, 0.25) is 5.02 Å². The molecule has 0 unspecified atom stereocenters. The first kappa shape index (κ1) is 19.1. The van der Waals surface area contributed by atoms with Gasteiger partial charge in [-0.3, -0.25) is 10.1 Å². The van der Waals surface area contributed by atoms with E-state index in [-0.39, 0.29) is 34.4 Å². The molecule has 7 nitrogen and oxygen atoms in total. The highest BCUT2D eigenvalue weighted by Gasteiger charge is 2.29. The number of benzene rings is 1. The van der Waals surface area contributed by atoms with Gasteiger partial charge in [-0.05, 0) is 37.8 Å². The Labute approximate surface area is 139 Å². The van der Waals surface area contributed by atoms with Crippen LogP contribution in [0.25, 0.3) is 0 Å². The average molecular weight is 370 g/mol. The third-order valence-corrected chi connectivity index (χ3v) is 5.30. The summed E-state index contributed by atoms with van der Waals surface area (Å²) in [6, 6.07) is 3.35. The summed E-state index contributed by atoms with van der Waals surface area (Å²) >= 11 is 5.69. The number of nitrogens with zero attached hydrogens (tertiary/aromatic N) is 1. The van der Waals surface area contributed by atoms with Crippen LogP contribution in [-0.4, -0.2) is 25.4 Å². The summed E-state index contributed by atoms with van der Waals surface area (Å²) < 4.78 is 27.2. The van der Waals surface area contributed by atoms with Gasteiger partial charge in [-0.25, -0.2) is 13.1 Å². The van der Waals surface area contributed by atoms with Gasteiger partial charge in [-0.15, -0.1) is 12.4 Å². The molecule has 0 aliphatic heterocycles. The minimum Gasteiger partial charge on any atom is -0.328 e. The summed E-state index contributed by atoms with van der Waals surface area (Å²) in [6.07, 6.45) is 2.72. The van der Waals surface area contributed by atoms with Crippen molar-refractivity contribution in [2.75, 3.05) is 0 Å². The Morgan fingerprint density at radius 3 is 2.41 bits per heavy atom. The summed E-state index contributed by atoms with van der Waals surface area (Å²) in [6.45, 7) is 0. The zero-order valence-electron chi connectivity index (χ0n) is 11.6. The number of nitrogens with one attached hydrogen (secondary N) is 1. The SMILES string of the molecule is Cl.NC1CCC(NS(=O)(=O)c2ccc(Cl)cc2[N+](=O)[O-])CC1. The first-order valence-electron chi connectivity index (χ1n) is 6.51. The molecule has 124 valence electrons. The molecule has 1 fully saturated rings. The summed E-state index contributed by atoms with van der Waals surface area (Å²) in [5.41, 5.74) is 5.25. The van der Waals surface area contributed by atoms with Crippen molar-refractivity contribution in [1.82, 2.24) is 4.72 Å². The maximum Gasteiger partial charge on any atom is 0.290 e. The highest BCUT2D eigenvalue weighted by atomic mass is 35.5. The predicted molar refractivity (Wildman–Crippen MR) is 85.9 cm³/mol. The minimum absolute atomic E-state index is 0. The Hall–Kier alpha value is -0.930. The molecule has 1 aromatic rings. The van der Waals surface area contributed by atoms with Gasteiger partial charge >= 0.3 is 0 Å². The average Bonchev–Trinajstić information content (AvgIpc) is 2.40. The number of halogens is 2. The molecule has 0 radical (unpaired) electrons. The normalized spacial score (nSPS) is 21.9. The standard InChI is InChI=1S/C12H16ClN3O4S.ClH/c13-8-1-6-12(11(7-8)16(17)18)21(19,20)15-10-4-2-9(14)3-5-10;/h1,6-7,9-10,15H,2-5,14H2;1H. The lowest BCUT2D eigenvalue weighted by molar-refractivity contribution is -0.387. The first-order valence-corrected chi connectivity index (χ1v) is 8.37. The van der Waals surface area contributed by atoms with E-state index in [1.807, 2.05) is 0 Å². The first-order chi connectivity index (χ1) is 9.79. The van der Waals surface area contributed by atoms with E-state index >= 15 is 0 Å². The quantitative estimate of drug-likeness (QED) is 0.623. The number of nitro benzene ring substituents is 1. The lowest BCUT2D eigenvalue weighted by atomic mass is 9.93. The lowest BCUT2D eigenvalue weighted by Crippen LogP contribution is -2.40. The van der Waals surface area contributed by atoms with Gasteiger partial charge < -0.3 is 5.73 Å². The largest absolute Gasteiger partial charge is 0.328 e. The van der Waals surface area contributed by atoms with E-state index in [0.29, 0.717) is 12.8 Å². The molecule has 0 heterocycles. The molecule has 1 aromatic carbocycles. The van der Waals surface area contributed by atoms with Gasteiger partial charge in [0.2, 0.25) is 10.0 Å². The fourth-order valence-corrected chi connectivity index (χ4v) is 4.00. The number of sulfonamides is 1. The van der Waals surface area contributed by atoms with E-state index in [1.165, 1.54) is 6.07 Å². The topological polar surface area (TPSA) is 115 Å². The highest BCUT2D eigenvalue weighted by molar-refractivity contribution is 7.89. The molecule has 0 amide bonds. The molecule has 3 N–H and O–H groups in total. The summed E-state index contributed by atoms with van der Waals surface area (Å²) in [5, 5.41) is 11.1. The molecule has 1 aliphatic carbocycles. The van der Waals surface area contributed by atoms with Crippen LogP contribution in [0.5, 0.6) is 0 Å². The van der Waals surface area contributed by atoms with Crippen LogP contribution in [0.3, 0.4) is 0 Å². The van der Waals surface area contributed by atoms with E-state index < -0.39 is 20.6 Å². The van der Waals surface area contributed by atoms with E-state index in [2.05, 4.69) is 4.72 Å². The van der Waals surface area contributed by atoms with Crippen molar-refractivity contribution in [1.29, 1.82) is 0 Å². The second-order valence-electron chi connectivity index (χ2n) is 5.10. The van der Waals surface area contributed by atoms with Crippen molar-refractivity contribution in [2.45, 2.75) is 42.7 Å². The molecule has 0 bridgehead atoms. The van der Waals surface area contributed by atoms with Crippen LogP contribution in [-0.2, 0) is 10.0 Å². The van der Waals surface area contributed by atoms with Gasteiger partial charge in [-0.1, -0.05) is 11.6 Å². The van der Waals surface area contributed by atoms with Gasteiger partial charge in [0.1, 0.15) is 0 Å². The highest BCUT2D eigenvalue weighted by Crippen LogP contribution is 2.28. The third-order valence-electron chi connectivity index (χ3n) is 3.50. The Balaban J connectivity index is 0.00000242. The van der Waals surface area contributed by atoms with Crippen molar-refractivity contribution in [3.05, 3.63) is 33.3 Å². The molecular weight excluding hydrogens is 353 g/mol. The van der Waals surface area contributed by atoms with Gasteiger partial charge in [0.15, 0.2) is 4.90 Å². The molecule has 0 spiro atoms. The van der Waals surface area contributed by atoms with Gasteiger partial charge in [0, 0.05) is 23.2 Å². The number of nitro groups is 1. The number of hydrogen-bond acceptors (Lipinski definition) is 5. The van der Waals surface area contributed by atoms with E-state index in [1.54, 1.807) is 0 Å². The van der Waals surface area contributed by atoms with Crippen LogP contribution in [0.1, 0.15) is 25.7 Å². The zero-order valence-corrected chi connectivity index (χ0v) is 14.0. The Morgan fingerprint density at radius 1 is 1.27 bits per heavy atom. The fraction of sp³-hybridized carbons (Fsp3) is 0.500. The molecular formula is C12H17Cl2N3O4S. The third kappa shape index (κ3) is 4.53. The van der Waals surface area contributed by atoms with E-state index in [9.17, 15) is 18.5 Å². The molecule has 1 saturated carbocycles. The lowest BCUT2D eigenvalue weighted by Gasteiger charge is -2.26. The van der Waals surface area contributed by atoms with Gasteiger partial charge in [-0.2, -0.15) is 0 Å². The van der Waals surface area contributed by atoms with Crippen LogP contribution in [0.15, 0.2) is 23.1 Å². The fourth-order valence-electron chi connectivity index (χ4n) is 2.38. The zero-order chi connectivity index (χ0) is 15.6. The minimum atomic E-state index is -3.96. The smallest absolute Gasteiger partial charge is 0.290 e. The van der Waals surface area contributed by atoms with Crippen molar-refractivity contribution < 1.29 is 13.3 Å². The van der Waals surface area contributed by atoms with Gasteiger partial charge in [0.25, 0.3) is 5.69 Å². The van der Waals surface area contributed by atoms with Crippen molar-refractivity contribution in [2.24, 2.45) is 5.73 Å². The summed E-state index contributed by atoms with van der Waals surface area (Å²) in [5.74, 6) is 0. The molecule has 0 saturated heterocycles. The molecule has 1 aliphatic rings. The van der Waals surface area contributed by atoms with Crippen molar-refractivity contribution >= 4 is 39.7 Å². The number of nitrogens with two attached hydrogens (primary N) is 1. The Bertz CT molecular complexity index is 646. The molecule has 10 heteroatoms. The maximum atomic E-state index is 12.3. The van der Waals surface area contributed by atoms with Gasteiger partial charge in [0.05, 0.1) is 4.92 Å². The van der Waals surface area contributed by atoms with E-state index in [0.717, 1.165) is 25.0 Å². The second-order valence-corrected chi connectivity index (χ2v) is 7.22. The summed E-state index contributed by atoms with van der Waals surface area (Å²) in [4.78, 5) is 9.87. The summed E-state index contributed by atoms with van der Waals surface area (Å²) in [7, 11) is -3.96. The second kappa shape index (κ2) is 7.56. The predicted octanol–water partition coefficient (Wildman–Crippen LogP) is 2.22.